The van der Waals surface area contributed by atoms with Crippen LogP contribution in [0.2, 0.25) is 0 Å². The molecule has 0 aromatic heterocycles. The minimum absolute atomic E-state index is 0.287. The zero-order chi connectivity index (χ0) is 12.1. The van der Waals surface area contributed by atoms with Crippen molar-refractivity contribution >= 4 is 0 Å². The van der Waals surface area contributed by atoms with Gasteiger partial charge in [0.1, 0.15) is 5.75 Å². The molecule has 1 saturated carbocycles. The van der Waals surface area contributed by atoms with Gasteiger partial charge in [0.15, 0.2) is 0 Å². The van der Waals surface area contributed by atoms with Crippen molar-refractivity contribution in [3.8, 4) is 5.75 Å². The summed E-state index contributed by atoms with van der Waals surface area (Å²) in [5, 5.41) is 13.4. The molecule has 1 fully saturated rings. The van der Waals surface area contributed by atoms with E-state index in [0.29, 0.717) is 5.75 Å². The second-order valence-corrected chi connectivity index (χ2v) is 5.06. The summed E-state index contributed by atoms with van der Waals surface area (Å²) in [6, 6.07) is 7.93. The van der Waals surface area contributed by atoms with Crippen LogP contribution in [0, 0.1) is 5.92 Å². The predicted molar refractivity (Wildman–Crippen MR) is 71.1 cm³/mol. The first-order valence-electron chi connectivity index (χ1n) is 6.82. The number of aromatic hydroxyl groups is 1. The number of benzene rings is 1. The lowest BCUT2D eigenvalue weighted by molar-refractivity contribution is 0.437. The molecule has 94 valence electrons. The van der Waals surface area contributed by atoms with Gasteiger partial charge in [0.25, 0.3) is 0 Å². The van der Waals surface area contributed by atoms with Crippen molar-refractivity contribution in [2.24, 2.45) is 5.92 Å². The number of hydrogen-bond donors (Lipinski definition) is 2. The lowest BCUT2D eigenvalue weighted by Crippen LogP contribution is -2.22. The number of rotatable bonds is 7. The highest BCUT2D eigenvalue weighted by molar-refractivity contribution is 5.34. The van der Waals surface area contributed by atoms with E-state index in [0.717, 1.165) is 24.4 Å². The second-order valence-electron chi connectivity index (χ2n) is 5.06. The van der Waals surface area contributed by atoms with Gasteiger partial charge in [0.2, 0.25) is 0 Å². The molecule has 0 amide bonds. The highest BCUT2D eigenvalue weighted by Crippen LogP contribution is 2.33. The van der Waals surface area contributed by atoms with Crippen LogP contribution in [0.1, 0.15) is 50.6 Å². The van der Waals surface area contributed by atoms with Crippen LogP contribution < -0.4 is 5.32 Å². The largest absolute Gasteiger partial charge is 0.508 e. The summed E-state index contributed by atoms with van der Waals surface area (Å²) in [5.41, 5.74) is 1.03. The summed E-state index contributed by atoms with van der Waals surface area (Å²) in [4.78, 5) is 0. The van der Waals surface area contributed by atoms with Crippen LogP contribution in [-0.4, -0.2) is 11.7 Å². The fourth-order valence-electron chi connectivity index (χ4n) is 2.33. The molecule has 0 bridgehead atoms. The Morgan fingerprint density at radius 1 is 1.35 bits per heavy atom. The Morgan fingerprint density at radius 3 is 2.76 bits per heavy atom. The Bertz CT molecular complexity index is 347. The predicted octanol–water partition coefficient (Wildman–Crippen LogP) is 3.62. The molecule has 1 aromatic rings. The summed E-state index contributed by atoms with van der Waals surface area (Å²) < 4.78 is 0. The Labute approximate surface area is 104 Å². The molecular formula is C15H23NO. The Hall–Kier alpha value is -1.02. The van der Waals surface area contributed by atoms with E-state index in [4.69, 9.17) is 0 Å². The van der Waals surface area contributed by atoms with E-state index in [-0.39, 0.29) is 6.04 Å². The minimum Gasteiger partial charge on any atom is -0.508 e. The summed E-state index contributed by atoms with van der Waals surface area (Å²) in [6.45, 7) is 3.22. The maximum atomic E-state index is 9.83. The van der Waals surface area contributed by atoms with Crippen LogP contribution in [-0.2, 0) is 0 Å². The van der Waals surface area contributed by atoms with Crippen LogP contribution in [0.25, 0.3) is 0 Å². The Balaban J connectivity index is 1.80. The smallest absolute Gasteiger partial charge is 0.120 e. The maximum absolute atomic E-state index is 9.83. The molecule has 0 heterocycles. The van der Waals surface area contributed by atoms with E-state index in [1.54, 1.807) is 6.07 Å². The third-order valence-electron chi connectivity index (χ3n) is 3.60. The van der Waals surface area contributed by atoms with Gasteiger partial charge >= 0.3 is 0 Å². The lowest BCUT2D eigenvalue weighted by Gasteiger charge is -2.18. The van der Waals surface area contributed by atoms with Gasteiger partial charge in [-0.2, -0.15) is 0 Å². The molecule has 17 heavy (non-hydrogen) atoms. The van der Waals surface area contributed by atoms with Gasteiger partial charge in [0, 0.05) is 11.6 Å². The molecule has 2 N–H and O–H groups in total. The van der Waals surface area contributed by atoms with Crippen molar-refractivity contribution in [1.29, 1.82) is 0 Å². The lowest BCUT2D eigenvalue weighted by atomic mass is 10.0. The van der Waals surface area contributed by atoms with Gasteiger partial charge < -0.3 is 10.4 Å². The number of phenols is 1. The number of para-hydroxylation sites is 1. The van der Waals surface area contributed by atoms with Gasteiger partial charge in [-0.05, 0) is 37.8 Å². The summed E-state index contributed by atoms with van der Waals surface area (Å²) >= 11 is 0. The molecule has 1 aliphatic rings. The fraction of sp³-hybridized carbons (Fsp3) is 0.600. The molecule has 0 spiro atoms. The standard InChI is InChI=1S/C15H23NO/c1-2-14(13-7-3-4-8-15(13)17)16-11-5-6-12-9-10-12/h3-4,7-8,12,14,16-17H,2,5-6,9-11H2,1H3. The van der Waals surface area contributed by atoms with E-state index in [2.05, 4.69) is 12.2 Å². The van der Waals surface area contributed by atoms with Gasteiger partial charge in [-0.15, -0.1) is 0 Å². The molecule has 0 saturated heterocycles. The van der Waals surface area contributed by atoms with E-state index in [9.17, 15) is 5.11 Å². The monoisotopic (exact) mass is 233 g/mol. The van der Waals surface area contributed by atoms with Crippen molar-refractivity contribution in [3.63, 3.8) is 0 Å². The van der Waals surface area contributed by atoms with E-state index in [1.165, 1.54) is 25.7 Å². The van der Waals surface area contributed by atoms with Crippen molar-refractivity contribution < 1.29 is 5.11 Å². The average molecular weight is 233 g/mol. The highest BCUT2D eigenvalue weighted by atomic mass is 16.3. The summed E-state index contributed by atoms with van der Waals surface area (Å²) in [5.74, 6) is 1.43. The Kier molecular flexibility index (Phi) is 4.43. The summed E-state index contributed by atoms with van der Waals surface area (Å²) in [6.07, 6.45) is 6.52. The molecule has 1 unspecified atom stereocenters. The maximum Gasteiger partial charge on any atom is 0.120 e. The third-order valence-corrected chi connectivity index (χ3v) is 3.60. The first kappa shape index (κ1) is 12.4. The average Bonchev–Trinajstić information content (AvgIpc) is 3.15. The molecule has 2 rings (SSSR count). The number of hydrogen-bond acceptors (Lipinski definition) is 2. The highest BCUT2D eigenvalue weighted by Gasteiger charge is 2.20. The first-order valence-corrected chi connectivity index (χ1v) is 6.82. The zero-order valence-electron chi connectivity index (χ0n) is 10.7. The van der Waals surface area contributed by atoms with Gasteiger partial charge in [-0.25, -0.2) is 0 Å². The summed E-state index contributed by atoms with van der Waals surface area (Å²) in [7, 11) is 0. The molecule has 1 atom stereocenters. The van der Waals surface area contributed by atoms with Gasteiger partial charge in [-0.1, -0.05) is 38.0 Å². The third kappa shape index (κ3) is 3.74. The first-order chi connectivity index (χ1) is 8.31. The SMILES string of the molecule is CCC(NCCCC1CC1)c1ccccc1O. The topological polar surface area (TPSA) is 32.3 Å². The van der Waals surface area contributed by atoms with Crippen LogP contribution in [0.3, 0.4) is 0 Å². The fourth-order valence-corrected chi connectivity index (χ4v) is 2.33. The molecule has 1 aliphatic carbocycles. The molecule has 0 aliphatic heterocycles. The van der Waals surface area contributed by atoms with Crippen LogP contribution in [0.5, 0.6) is 5.75 Å². The van der Waals surface area contributed by atoms with Gasteiger partial charge in [0.05, 0.1) is 0 Å². The van der Waals surface area contributed by atoms with E-state index < -0.39 is 0 Å². The van der Waals surface area contributed by atoms with E-state index >= 15 is 0 Å². The minimum atomic E-state index is 0.287. The van der Waals surface area contributed by atoms with Crippen molar-refractivity contribution in [2.75, 3.05) is 6.54 Å². The van der Waals surface area contributed by atoms with Crippen molar-refractivity contribution in [3.05, 3.63) is 29.8 Å². The van der Waals surface area contributed by atoms with Crippen LogP contribution in [0.4, 0.5) is 0 Å². The van der Waals surface area contributed by atoms with Crippen molar-refractivity contribution in [1.82, 2.24) is 5.32 Å². The molecule has 2 heteroatoms. The molecule has 2 nitrogen and oxygen atoms in total. The number of nitrogens with one attached hydrogen (secondary N) is 1. The van der Waals surface area contributed by atoms with Crippen LogP contribution >= 0.6 is 0 Å². The quantitative estimate of drug-likeness (QED) is 0.705. The van der Waals surface area contributed by atoms with Crippen LogP contribution in [0.15, 0.2) is 24.3 Å². The van der Waals surface area contributed by atoms with Crippen molar-refractivity contribution in [2.45, 2.75) is 45.1 Å². The zero-order valence-corrected chi connectivity index (χ0v) is 10.7. The normalized spacial score (nSPS) is 17.0. The number of phenolic OH excluding ortho intramolecular Hbond substituents is 1. The Morgan fingerprint density at radius 2 is 2.12 bits per heavy atom. The second kappa shape index (κ2) is 6.06. The van der Waals surface area contributed by atoms with Gasteiger partial charge in [-0.3, -0.25) is 0 Å². The molecule has 1 aromatic carbocycles. The van der Waals surface area contributed by atoms with E-state index in [1.807, 2.05) is 18.2 Å². The molecule has 0 radical (unpaired) electrons. The molecular weight excluding hydrogens is 210 g/mol.